The van der Waals surface area contributed by atoms with Crippen LogP contribution >= 0.6 is 0 Å². The minimum Gasteiger partial charge on any atom is -0.394 e. The number of hydrogen-bond donors (Lipinski definition) is 11. The van der Waals surface area contributed by atoms with Crippen LogP contribution in [0.15, 0.2) is 0 Å². The van der Waals surface area contributed by atoms with Crippen molar-refractivity contribution in [3.8, 4) is 0 Å². The van der Waals surface area contributed by atoms with Crippen molar-refractivity contribution in [2.75, 3.05) is 26.4 Å². The van der Waals surface area contributed by atoms with Gasteiger partial charge in [0.25, 0.3) is 0 Å². The molecule has 0 aliphatic carbocycles. The SMILES string of the molecule is OC[C@H]1O[C@@](CO)(O[C@@H]2O[C@H](CO)[C@@H](O)[C@H](O)[C@H]2O)[C@@H](O[C@@H]2O[C@H](CO)[C@@H](O)[C@H](O)[C@H]2O)[C@@H]1O. The molecule has 0 radical (unpaired) electrons. The second-order valence-corrected chi connectivity index (χ2v) is 8.37. The highest BCUT2D eigenvalue weighted by atomic mass is 16.8. The summed E-state index contributed by atoms with van der Waals surface area (Å²) in [5, 5.41) is 109. The van der Waals surface area contributed by atoms with Gasteiger partial charge < -0.3 is 79.9 Å². The average molecular weight is 504 g/mol. The lowest BCUT2D eigenvalue weighted by molar-refractivity contribution is -0.400. The van der Waals surface area contributed by atoms with Crippen LogP contribution in [0.3, 0.4) is 0 Å². The van der Waals surface area contributed by atoms with Crippen molar-refractivity contribution < 1.29 is 79.9 Å². The van der Waals surface area contributed by atoms with E-state index < -0.39 is 112 Å². The van der Waals surface area contributed by atoms with Gasteiger partial charge in [-0.25, -0.2) is 0 Å². The molecule has 0 aromatic carbocycles. The standard InChI is InChI=1S/C18H32O16/c19-1-5-8(23)11(26)13(28)16(30-5)32-15-10(25)7(3-21)33-18(15,4-22)34-17-14(29)12(27)9(24)6(2-20)31-17/h5-17,19-29H,1-4H2/t5-,6-,7-,8-,9-,10-,11+,12+,13-,14-,15+,16+,17+,18+/m1/s1. The largest absolute Gasteiger partial charge is 0.394 e. The van der Waals surface area contributed by atoms with Crippen molar-refractivity contribution >= 4 is 0 Å². The van der Waals surface area contributed by atoms with E-state index in [9.17, 15) is 56.2 Å². The molecule has 0 aromatic rings. The molecule has 11 N–H and O–H groups in total. The Hall–Kier alpha value is -0.640. The molecule has 16 nitrogen and oxygen atoms in total. The minimum absolute atomic E-state index is 0.777. The zero-order chi connectivity index (χ0) is 25.4. The molecule has 3 aliphatic rings. The molecular weight excluding hydrogens is 472 g/mol. The Kier molecular flexibility index (Phi) is 9.18. The Morgan fingerprint density at radius 1 is 0.559 bits per heavy atom. The van der Waals surface area contributed by atoms with Gasteiger partial charge in [-0.2, -0.15) is 0 Å². The normalized spacial score (nSPS) is 52.1. The summed E-state index contributed by atoms with van der Waals surface area (Å²) in [6.45, 7) is -3.49. The van der Waals surface area contributed by atoms with Crippen LogP contribution in [-0.4, -0.2) is 168 Å². The van der Waals surface area contributed by atoms with Crippen molar-refractivity contribution in [2.45, 2.75) is 85.5 Å². The summed E-state index contributed by atoms with van der Waals surface area (Å²) in [6, 6.07) is 0. The lowest BCUT2D eigenvalue weighted by Crippen LogP contribution is -2.64. The number of aliphatic hydroxyl groups excluding tert-OH is 11. The topological polar surface area (TPSA) is 269 Å². The van der Waals surface area contributed by atoms with E-state index in [0.717, 1.165) is 0 Å². The van der Waals surface area contributed by atoms with E-state index in [1.54, 1.807) is 0 Å². The number of rotatable bonds is 8. The molecule has 0 bridgehead atoms. The Morgan fingerprint density at radius 2 is 1.03 bits per heavy atom. The van der Waals surface area contributed by atoms with Crippen molar-refractivity contribution in [1.29, 1.82) is 0 Å². The average Bonchev–Trinajstić information content (AvgIpc) is 3.10. The summed E-state index contributed by atoms with van der Waals surface area (Å²) in [5.41, 5.74) is 0. The molecule has 3 heterocycles. The van der Waals surface area contributed by atoms with Gasteiger partial charge in [0.1, 0.15) is 73.8 Å². The summed E-state index contributed by atoms with van der Waals surface area (Å²) in [4.78, 5) is 0. The molecule has 0 saturated carbocycles. The van der Waals surface area contributed by atoms with E-state index in [1.807, 2.05) is 0 Å². The van der Waals surface area contributed by atoms with Gasteiger partial charge in [-0.1, -0.05) is 0 Å². The van der Waals surface area contributed by atoms with Crippen LogP contribution in [0.1, 0.15) is 0 Å². The second-order valence-electron chi connectivity index (χ2n) is 8.37. The summed E-state index contributed by atoms with van der Waals surface area (Å²) in [5.74, 6) is -2.43. The summed E-state index contributed by atoms with van der Waals surface area (Å²) < 4.78 is 27.0. The zero-order valence-electron chi connectivity index (χ0n) is 17.8. The van der Waals surface area contributed by atoms with Crippen LogP contribution in [0.2, 0.25) is 0 Å². The van der Waals surface area contributed by atoms with Gasteiger partial charge in [0.15, 0.2) is 12.6 Å². The molecule has 3 rings (SSSR count). The summed E-state index contributed by atoms with van der Waals surface area (Å²) in [7, 11) is 0. The van der Waals surface area contributed by atoms with Gasteiger partial charge in [-0.05, 0) is 0 Å². The highest BCUT2D eigenvalue weighted by Gasteiger charge is 2.61. The zero-order valence-corrected chi connectivity index (χ0v) is 17.8. The maximum atomic E-state index is 10.6. The third-order valence-electron chi connectivity index (χ3n) is 6.17. The highest BCUT2D eigenvalue weighted by Crippen LogP contribution is 2.39. The van der Waals surface area contributed by atoms with Crippen LogP contribution < -0.4 is 0 Å². The molecule has 0 spiro atoms. The Balaban J connectivity index is 1.87. The summed E-state index contributed by atoms with van der Waals surface area (Å²) in [6.07, 6.45) is -22.3. The molecule has 0 aromatic heterocycles. The van der Waals surface area contributed by atoms with Crippen LogP contribution in [-0.2, 0) is 23.7 Å². The van der Waals surface area contributed by atoms with Crippen molar-refractivity contribution in [2.24, 2.45) is 0 Å². The predicted molar refractivity (Wildman–Crippen MR) is 101 cm³/mol. The van der Waals surface area contributed by atoms with Crippen LogP contribution in [0.5, 0.6) is 0 Å². The first kappa shape index (κ1) is 27.9. The number of hydrogen-bond acceptors (Lipinski definition) is 16. The van der Waals surface area contributed by atoms with Gasteiger partial charge in [-0.3, -0.25) is 0 Å². The number of ether oxygens (including phenoxy) is 5. The van der Waals surface area contributed by atoms with Gasteiger partial charge in [0.2, 0.25) is 5.79 Å². The molecule has 3 aliphatic heterocycles. The fraction of sp³-hybridized carbons (Fsp3) is 1.00. The van der Waals surface area contributed by atoms with Gasteiger partial charge >= 0.3 is 0 Å². The van der Waals surface area contributed by atoms with E-state index >= 15 is 0 Å². The molecule has 3 fully saturated rings. The molecule has 200 valence electrons. The van der Waals surface area contributed by atoms with Gasteiger partial charge in [-0.15, -0.1) is 0 Å². The summed E-state index contributed by atoms with van der Waals surface area (Å²) >= 11 is 0. The van der Waals surface area contributed by atoms with Crippen molar-refractivity contribution in [3.05, 3.63) is 0 Å². The monoisotopic (exact) mass is 504 g/mol. The lowest BCUT2D eigenvalue weighted by atomic mass is 9.98. The third kappa shape index (κ3) is 4.96. The first-order valence-electron chi connectivity index (χ1n) is 10.6. The third-order valence-corrected chi connectivity index (χ3v) is 6.17. The molecule has 14 atom stereocenters. The molecule has 3 saturated heterocycles. The molecule has 34 heavy (non-hydrogen) atoms. The van der Waals surface area contributed by atoms with Crippen molar-refractivity contribution in [1.82, 2.24) is 0 Å². The highest BCUT2D eigenvalue weighted by molar-refractivity contribution is 5.01. The van der Waals surface area contributed by atoms with Gasteiger partial charge in [0.05, 0.1) is 19.8 Å². The van der Waals surface area contributed by atoms with Crippen LogP contribution in [0.4, 0.5) is 0 Å². The Labute approximate surface area is 192 Å². The van der Waals surface area contributed by atoms with Crippen molar-refractivity contribution in [3.63, 3.8) is 0 Å². The Bertz CT molecular complexity index is 651. The molecule has 0 amide bonds. The van der Waals surface area contributed by atoms with E-state index in [2.05, 4.69) is 0 Å². The smallest absolute Gasteiger partial charge is 0.224 e. The van der Waals surface area contributed by atoms with E-state index in [-0.39, 0.29) is 0 Å². The predicted octanol–water partition coefficient (Wildman–Crippen LogP) is -7.57. The quantitative estimate of drug-likeness (QED) is 0.146. The van der Waals surface area contributed by atoms with Crippen LogP contribution in [0, 0.1) is 0 Å². The van der Waals surface area contributed by atoms with E-state index in [4.69, 9.17) is 23.7 Å². The fourth-order valence-electron chi connectivity index (χ4n) is 4.12. The van der Waals surface area contributed by atoms with Crippen LogP contribution in [0.25, 0.3) is 0 Å². The van der Waals surface area contributed by atoms with E-state index in [0.29, 0.717) is 0 Å². The maximum Gasteiger partial charge on any atom is 0.224 e. The molecular formula is C18H32O16. The van der Waals surface area contributed by atoms with E-state index in [1.165, 1.54) is 0 Å². The second kappa shape index (κ2) is 11.2. The fourth-order valence-corrected chi connectivity index (χ4v) is 4.12. The lowest BCUT2D eigenvalue weighted by Gasteiger charge is -2.45. The molecule has 16 heteroatoms. The Morgan fingerprint density at radius 3 is 1.50 bits per heavy atom. The maximum absolute atomic E-state index is 10.6. The minimum atomic E-state index is -2.43. The first-order chi connectivity index (χ1) is 16.0. The van der Waals surface area contributed by atoms with Gasteiger partial charge in [0, 0.05) is 0 Å². The number of aliphatic hydroxyl groups is 11. The molecule has 0 unspecified atom stereocenters. The first-order valence-corrected chi connectivity index (χ1v) is 10.6.